The van der Waals surface area contributed by atoms with Gasteiger partial charge in [-0.1, -0.05) is 36.4 Å². The maximum absolute atomic E-state index is 13.9. The lowest BCUT2D eigenvalue weighted by atomic mass is 9.83. The Hall–Kier alpha value is -4.01. The Kier molecular flexibility index (Phi) is 6.43. The average Bonchev–Trinajstić information content (AvgIpc) is 3.65. The van der Waals surface area contributed by atoms with E-state index in [4.69, 9.17) is 14.2 Å². The van der Waals surface area contributed by atoms with E-state index in [0.29, 0.717) is 24.5 Å². The van der Waals surface area contributed by atoms with Crippen LogP contribution in [0, 0.1) is 5.92 Å². The van der Waals surface area contributed by atoms with Crippen LogP contribution in [-0.2, 0) is 11.2 Å². The first-order chi connectivity index (χ1) is 18.6. The van der Waals surface area contributed by atoms with Gasteiger partial charge in [-0.2, -0.15) is 0 Å². The molecule has 8 heteroatoms. The number of carbonyl (C=O) groups excluding carboxylic acids is 1. The van der Waals surface area contributed by atoms with E-state index in [9.17, 15) is 4.79 Å². The minimum absolute atomic E-state index is 0.00827. The maximum Gasteiger partial charge on any atom is 0.242 e. The summed E-state index contributed by atoms with van der Waals surface area (Å²) in [5, 5.41) is 1.11. The normalized spacial score (nSPS) is 22.6. The predicted octanol–water partition coefficient (Wildman–Crippen LogP) is 4.15. The zero-order chi connectivity index (χ0) is 26.2. The fraction of sp³-hybridized carbons (Fsp3) is 0.300. The number of carbonyl (C=O) groups is 1. The third kappa shape index (κ3) is 4.06. The Morgan fingerprint density at radius 3 is 2.37 bits per heavy atom. The molecule has 2 saturated heterocycles. The van der Waals surface area contributed by atoms with Crippen LogP contribution in [0.4, 0.5) is 0 Å². The lowest BCUT2D eigenvalue weighted by Crippen LogP contribution is -2.42. The molecule has 3 aromatic carbocycles. The Bertz CT molecular complexity index is 1450. The smallest absolute Gasteiger partial charge is 0.242 e. The molecule has 4 unspecified atom stereocenters. The number of methoxy groups -OCH3 is 3. The van der Waals surface area contributed by atoms with Gasteiger partial charge in [-0.25, -0.2) is 10.9 Å². The van der Waals surface area contributed by atoms with Crippen LogP contribution in [0.1, 0.15) is 28.8 Å². The number of aromatic amines is 1. The van der Waals surface area contributed by atoms with Crippen molar-refractivity contribution >= 4 is 16.8 Å². The third-order valence-electron chi connectivity index (χ3n) is 7.92. The van der Waals surface area contributed by atoms with Gasteiger partial charge in [-0.15, -0.1) is 0 Å². The molecule has 0 saturated carbocycles. The quantitative estimate of drug-likeness (QED) is 0.329. The van der Waals surface area contributed by atoms with E-state index in [0.717, 1.165) is 33.3 Å². The lowest BCUT2D eigenvalue weighted by molar-refractivity contribution is -0.130. The molecule has 4 aromatic rings. The van der Waals surface area contributed by atoms with Crippen LogP contribution in [0.15, 0.2) is 72.9 Å². The first kappa shape index (κ1) is 24.3. The van der Waals surface area contributed by atoms with E-state index < -0.39 is 0 Å². The minimum atomic E-state index is -0.332. The molecule has 8 nitrogen and oxygen atoms in total. The lowest BCUT2D eigenvalue weighted by Gasteiger charge is -2.31. The van der Waals surface area contributed by atoms with Gasteiger partial charge >= 0.3 is 0 Å². The molecule has 1 amide bonds. The van der Waals surface area contributed by atoms with Gasteiger partial charge in [0.05, 0.1) is 33.4 Å². The third-order valence-corrected chi connectivity index (χ3v) is 7.92. The van der Waals surface area contributed by atoms with Gasteiger partial charge in [0.15, 0.2) is 11.5 Å². The van der Waals surface area contributed by atoms with E-state index in [1.165, 1.54) is 0 Å². The number of hydrazine groups is 1. The van der Waals surface area contributed by atoms with Crippen molar-refractivity contribution in [3.8, 4) is 17.2 Å². The van der Waals surface area contributed by atoms with E-state index in [-0.39, 0.29) is 30.0 Å². The van der Waals surface area contributed by atoms with Crippen LogP contribution in [0.25, 0.3) is 10.9 Å². The Morgan fingerprint density at radius 2 is 1.61 bits per heavy atom. The van der Waals surface area contributed by atoms with Crippen LogP contribution in [0.5, 0.6) is 17.2 Å². The molecule has 4 atom stereocenters. The molecular weight excluding hydrogens is 480 g/mol. The van der Waals surface area contributed by atoms with Crippen LogP contribution < -0.4 is 25.1 Å². The van der Waals surface area contributed by atoms with Gasteiger partial charge in [0.2, 0.25) is 5.91 Å². The number of fused-ring (bicyclic) bond motifs is 2. The summed E-state index contributed by atoms with van der Waals surface area (Å²) in [6.45, 7) is 0.582. The summed E-state index contributed by atoms with van der Waals surface area (Å²) in [4.78, 5) is 19.3. The Labute approximate surface area is 221 Å². The molecule has 2 aliphatic rings. The number of hydrogen-bond donors (Lipinski definition) is 3. The summed E-state index contributed by atoms with van der Waals surface area (Å²) in [7, 11) is 4.94. The average molecular weight is 513 g/mol. The number of nitrogens with zero attached hydrogens (tertiary/aromatic N) is 1. The molecule has 2 aliphatic heterocycles. The monoisotopic (exact) mass is 512 g/mol. The van der Waals surface area contributed by atoms with Gasteiger partial charge in [-0.05, 0) is 53.4 Å². The first-order valence-corrected chi connectivity index (χ1v) is 12.9. The number of amides is 1. The van der Waals surface area contributed by atoms with Crippen molar-refractivity contribution in [3.63, 3.8) is 0 Å². The molecule has 6 rings (SSSR count). The molecule has 2 fully saturated rings. The molecule has 3 N–H and O–H groups in total. The molecular formula is C30H32N4O4. The minimum Gasteiger partial charge on any atom is -0.497 e. The van der Waals surface area contributed by atoms with E-state index in [1.54, 1.807) is 21.3 Å². The molecule has 0 spiro atoms. The molecule has 38 heavy (non-hydrogen) atoms. The maximum atomic E-state index is 13.9. The summed E-state index contributed by atoms with van der Waals surface area (Å²) < 4.78 is 16.6. The molecule has 0 aliphatic carbocycles. The number of nitrogens with one attached hydrogen (secondary N) is 3. The van der Waals surface area contributed by atoms with E-state index in [2.05, 4.69) is 28.0 Å². The van der Waals surface area contributed by atoms with Crippen LogP contribution in [0.2, 0.25) is 0 Å². The second-order valence-corrected chi connectivity index (χ2v) is 9.80. The first-order valence-electron chi connectivity index (χ1n) is 12.9. The van der Waals surface area contributed by atoms with Gasteiger partial charge < -0.3 is 24.1 Å². The van der Waals surface area contributed by atoms with Gasteiger partial charge in [-0.3, -0.25) is 4.79 Å². The van der Waals surface area contributed by atoms with Crippen LogP contribution in [-0.4, -0.2) is 49.7 Å². The fourth-order valence-corrected chi connectivity index (χ4v) is 6.07. The Morgan fingerprint density at radius 1 is 0.816 bits per heavy atom. The predicted molar refractivity (Wildman–Crippen MR) is 145 cm³/mol. The summed E-state index contributed by atoms with van der Waals surface area (Å²) in [6, 6.07) is 21.8. The number of H-pyrrole nitrogens is 1. The SMILES string of the molecule is COc1ccc2[nH]cc(CCN3C(=O)C4NNC(c5ccccc5)C4C3c3ccc(OC)c(OC)c3)c2c1. The number of rotatable bonds is 8. The van der Waals surface area contributed by atoms with Crippen molar-refractivity contribution in [2.24, 2.45) is 5.92 Å². The number of likely N-dealkylation sites (tertiary alicyclic amines) is 1. The number of aromatic nitrogens is 1. The standard InChI is InChI=1S/C30H32N4O4/c1-36-21-10-11-23-22(16-21)20(17-31-23)13-14-34-29(19-9-12-24(37-2)25(15-19)38-3)26-27(18-7-5-4-6-8-18)32-33-28(26)30(34)35/h4-12,15-17,26-29,31-33H,13-14H2,1-3H3. The van der Waals surface area contributed by atoms with Crippen molar-refractivity contribution in [1.82, 2.24) is 20.7 Å². The second-order valence-electron chi connectivity index (χ2n) is 9.80. The highest BCUT2D eigenvalue weighted by molar-refractivity contribution is 5.87. The summed E-state index contributed by atoms with van der Waals surface area (Å²) in [6.07, 6.45) is 2.75. The molecule has 0 radical (unpaired) electrons. The van der Waals surface area contributed by atoms with Gasteiger partial charge in [0, 0.05) is 29.6 Å². The van der Waals surface area contributed by atoms with Gasteiger partial charge in [0.1, 0.15) is 11.8 Å². The number of ether oxygens (including phenoxy) is 3. The van der Waals surface area contributed by atoms with E-state index in [1.807, 2.05) is 65.7 Å². The molecule has 3 heterocycles. The second kappa shape index (κ2) is 10.0. The van der Waals surface area contributed by atoms with Crippen LogP contribution in [0.3, 0.4) is 0 Å². The highest BCUT2D eigenvalue weighted by Gasteiger charge is 2.55. The summed E-state index contributed by atoms with van der Waals surface area (Å²) >= 11 is 0. The van der Waals surface area contributed by atoms with E-state index >= 15 is 0 Å². The molecule has 0 bridgehead atoms. The Balaban J connectivity index is 1.37. The van der Waals surface area contributed by atoms with Gasteiger partial charge in [0.25, 0.3) is 0 Å². The summed E-state index contributed by atoms with van der Waals surface area (Å²) in [5.41, 5.74) is 11.1. The van der Waals surface area contributed by atoms with Crippen molar-refractivity contribution in [2.45, 2.75) is 24.5 Å². The topological polar surface area (TPSA) is 87.9 Å². The van der Waals surface area contributed by atoms with Crippen LogP contribution >= 0.6 is 0 Å². The summed E-state index contributed by atoms with van der Waals surface area (Å²) in [5.74, 6) is 2.22. The van der Waals surface area contributed by atoms with Crippen molar-refractivity contribution in [1.29, 1.82) is 0 Å². The zero-order valence-electron chi connectivity index (χ0n) is 21.7. The highest BCUT2D eigenvalue weighted by atomic mass is 16.5. The molecule has 196 valence electrons. The zero-order valence-corrected chi connectivity index (χ0v) is 21.7. The van der Waals surface area contributed by atoms with Crippen molar-refractivity contribution < 1.29 is 19.0 Å². The van der Waals surface area contributed by atoms with Crippen molar-refractivity contribution in [3.05, 3.63) is 89.6 Å². The number of hydrogen-bond acceptors (Lipinski definition) is 6. The number of benzene rings is 3. The largest absolute Gasteiger partial charge is 0.497 e. The van der Waals surface area contributed by atoms with Crippen molar-refractivity contribution in [2.75, 3.05) is 27.9 Å². The highest BCUT2D eigenvalue weighted by Crippen LogP contribution is 2.48. The fourth-order valence-electron chi connectivity index (χ4n) is 6.07. The molecule has 1 aromatic heterocycles.